The Hall–Kier alpha value is -1.63. The standard InChI is InChI=1S/C18H22ClNO4S/c1-3-5-11-15(18(21)24-4-2)20-25(22,23)16-12-7-9-13-8-6-10-14(19)17(13)16/h6-10,12,15,20H,3-5,11H2,1-2H3. The SMILES string of the molecule is CCCCC(NS(=O)(=O)c1cccc2cccc(Cl)c12)C(=O)OCC. The summed E-state index contributed by atoms with van der Waals surface area (Å²) in [6.07, 6.45) is 1.94. The van der Waals surface area contributed by atoms with Crippen molar-refractivity contribution in [3.63, 3.8) is 0 Å². The minimum absolute atomic E-state index is 0.0568. The molecule has 7 heteroatoms. The highest BCUT2D eigenvalue weighted by atomic mass is 35.5. The third-order valence-electron chi connectivity index (χ3n) is 3.82. The first kappa shape index (κ1) is 19.7. The van der Waals surface area contributed by atoms with E-state index in [1.807, 2.05) is 6.92 Å². The summed E-state index contributed by atoms with van der Waals surface area (Å²) in [4.78, 5) is 12.2. The van der Waals surface area contributed by atoms with E-state index in [9.17, 15) is 13.2 Å². The molecule has 1 atom stereocenters. The van der Waals surface area contributed by atoms with E-state index in [-0.39, 0.29) is 11.5 Å². The molecule has 0 amide bonds. The second kappa shape index (κ2) is 8.65. The molecule has 0 radical (unpaired) electrons. The van der Waals surface area contributed by atoms with E-state index < -0.39 is 22.0 Å². The lowest BCUT2D eigenvalue weighted by Crippen LogP contribution is -2.41. The minimum Gasteiger partial charge on any atom is -0.465 e. The van der Waals surface area contributed by atoms with Gasteiger partial charge in [0, 0.05) is 10.4 Å². The fraction of sp³-hybridized carbons (Fsp3) is 0.389. The Morgan fingerprint density at radius 3 is 2.52 bits per heavy atom. The molecule has 1 unspecified atom stereocenters. The second-order valence-corrected chi connectivity index (χ2v) is 7.75. The van der Waals surface area contributed by atoms with Crippen LogP contribution >= 0.6 is 11.6 Å². The molecule has 0 aliphatic heterocycles. The molecule has 0 heterocycles. The fourth-order valence-electron chi connectivity index (χ4n) is 2.61. The average Bonchev–Trinajstić information content (AvgIpc) is 2.58. The Morgan fingerprint density at radius 2 is 1.88 bits per heavy atom. The highest BCUT2D eigenvalue weighted by Gasteiger charge is 2.27. The number of nitrogens with one attached hydrogen (secondary N) is 1. The molecule has 0 aromatic heterocycles. The molecule has 0 saturated carbocycles. The maximum absolute atomic E-state index is 12.9. The van der Waals surface area contributed by atoms with E-state index in [1.54, 1.807) is 37.3 Å². The zero-order valence-electron chi connectivity index (χ0n) is 14.3. The van der Waals surface area contributed by atoms with E-state index in [2.05, 4.69) is 4.72 Å². The highest BCUT2D eigenvalue weighted by molar-refractivity contribution is 7.89. The zero-order chi connectivity index (χ0) is 18.4. The molecule has 0 fully saturated rings. The molecular formula is C18H22ClNO4S. The van der Waals surface area contributed by atoms with Gasteiger partial charge in [0.25, 0.3) is 0 Å². The first-order valence-corrected chi connectivity index (χ1v) is 10.1. The Morgan fingerprint density at radius 1 is 1.20 bits per heavy atom. The van der Waals surface area contributed by atoms with E-state index >= 15 is 0 Å². The summed E-state index contributed by atoms with van der Waals surface area (Å²) in [5.41, 5.74) is 0. The van der Waals surface area contributed by atoms with E-state index in [4.69, 9.17) is 16.3 Å². The van der Waals surface area contributed by atoms with Crippen LogP contribution in [0.5, 0.6) is 0 Å². The van der Waals surface area contributed by atoms with Crippen molar-refractivity contribution in [2.24, 2.45) is 0 Å². The molecule has 1 N–H and O–H groups in total. The molecule has 2 rings (SSSR count). The van der Waals surface area contributed by atoms with Crippen LogP contribution in [-0.4, -0.2) is 27.0 Å². The Bertz CT molecular complexity index is 846. The molecule has 0 aliphatic carbocycles. The van der Waals surface area contributed by atoms with Crippen LogP contribution in [0.3, 0.4) is 0 Å². The predicted molar refractivity (Wildman–Crippen MR) is 99.2 cm³/mol. The number of carbonyl (C=O) groups excluding carboxylic acids is 1. The number of sulfonamides is 1. The average molecular weight is 384 g/mol. The lowest BCUT2D eigenvalue weighted by molar-refractivity contribution is -0.145. The number of carbonyl (C=O) groups is 1. The van der Waals surface area contributed by atoms with Crippen molar-refractivity contribution in [1.29, 1.82) is 0 Å². The molecule has 2 aromatic rings. The molecule has 25 heavy (non-hydrogen) atoms. The van der Waals surface area contributed by atoms with Crippen molar-refractivity contribution in [2.45, 2.75) is 44.0 Å². The summed E-state index contributed by atoms with van der Waals surface area (Å²) in [7, 11) is -3.94. The van der Waals surface area contributed by atoms with Crippen molar-refractivity contribution in [3.8, 4) is 0 Å². The van der Waals surface area contributed by atoms with Gasteiger partial charge in [0.1, 0.15) is 6.04 Å². The van der Waals surface area contributed by atoms with Crippen LogP contribution in [0.2, 0.25) is 5.02 Å². The third kappa shape index (κ3) is 4.71. The summed E-state index contributed by atoms with van der Waals surface area (Å²) in [5, 5.41) is 1.51. The summed E-state index contributed by atoms with van der Waals surface area (Å²) < 4.78 is 33.3. The molecule has 2 aromatic carbocycles. The van der Waals surface area contributed by atoms with Gasteiger partial charge in [0.05, 0.1) is 11.5 Å². The summed E-state index contributed by atoms with van der Waals surface area (Å²) in [6, 6.07) is 9.21. The molecule has 0 saturated heterocycles. The number of hydrogen-bond acceptors (Lipinski definition) is 4. The quantitative estimate of drug-likeness (QED) is 0.702. The fourth-order valence-corrected chi connectivity index (χ4v) is 4.42. The molecule has 5 nitrogen and oxygen atoms in total. The van der Waals surface area contributed by atoms with Crippen LogP contribution in [0.25, 0.3) is 10.8 Å². The van der Waals surface area contributed by atoms with Crippen LogP contribution < -0.4 is 4.72 Å². The minimum atomic E-state index is -3.94. The molecular weight excluding hydrogens is 362 g/mol. The first-order valence-electron chi connectivity index (χ1n) is 8.27. The van der Waals surface area contributed by atoms with Gasteiger partial charge in [-0.15, -0.1) is 0 Å². The van der Waals surface area contributed by atoms with Crippen LogP contribution in [0.4, 0.5) is 0 Å². The van der Waals surface area contributed by atoms with Gasteiger partial charge in [-0.2, -0.15) is 4.72 Å². The summed E-state index contributed by atoms with van der Waals surface area (Å²) >= 11 is 6.22. The van der Waals surface area contributed by atoms with Crippen molar-refractivity contribution in [1.82, 2.24) is 4.72 Å². The molecule has 136 valence electrons. The highest BCUT2D eigenvalue weighted by Crippen LogP contribution is 2.30. The van der Waals surface area contributed by atoms with Crippen LogP contribution in [-0.2, 0) is 19.6 Å². The number of esters is 1. The van der Waals surface area contributed by atoms with Crippen molar-refractivity contribution >= 4 is 38.4 Å². The van der Waals surface area contributed by atoms with Gasteiger partial charge in [-0.25, -0.2) is 8.42 Å². The van der Waals surface area contributed by atoms with Gasteiger partial charge < -0.3 is 4.74 Å². The van der Waals surface area contributed by atoms with Crippen LogP contribution in [0, 0.1) is 0 Å². The predicted octanol–water partition coefficient (Wildman–Crippen LogP) is 3.89. The summed E-state index contributed by atoms with van der Waals surface area (Å²) in [5.74, 6) is -0.564. The Balaban J connectivity index is 2.42. The third-order valence-corrected chi connectivity index (χ3v) is 5.65. The Labute approximate surface area is 153 Å². The van der Waals surface area contributed by atoms with Gasteiger partial charge in [-0.3, -0.25) is 4.79 Å². The lowest BCUT2D eigenvalue weighted by Gasteiger charge is -2.18. The largest absolute Gasteiger partial charge is 0.465 e. The number of fused-ring (bicyclic) bond motifs is 1. The topological polar surface area (TPSA) is 72.5 Å². The monoisotopic (exact) mass is 383 g/mol. The van der Waals surface area contributed by atoms with Crippen molar-refractivity contribution < 1.29 is 17.9 Å². The zero-order valence-corrected chi connectivity index (χ0v) is 15.9. The van der Waals surface area contributed by atoms with E-state index in [0.717, 1.165) is 11.8 Å². The molecule has 0 aliphatic rings. The maximum Gasteiger partial charge on any atom is 0.324 e. The second-order valence-electron chi connectivity index (χ2n) is 5.66. The smallest absolute Gasteiger partial charge is 0.324 e. The van der Waals surface area contributed by atoms with E-state index in [0.29, 0.717) is 23.3 Å². The van der Waals surface area contributed by atoms with Crippen LogP contribution in [0.15, 0.2) is 41.3 Å². The van der Waals surface area contributed by atoms with Gasteiger partial charge in [0.2, 0.25) is 10.0 Å². The van der Waals surface area contributed by atoms with Gasteiger partial charge in [-0.05, 0) is 30.9 Å². The number of benzene rings is 2. The molecule has 0 bridgehead atoms. The normalized spacial score (nSPS) is 12.9. The Kier molecular flexibility index (Phi) is 6.81. The van der Waals surface area contributed by atoms with E-state index in [1.165, 1.54) is 6.07 Å². The summed E-state index contributed by atoms with van der Waals surface area (Å²) in [6.45, 7) is 3.86. The van der Waals surface area contributed by atoms with Crippen molar-refractivity contribution in [2.75, 3.05) is 6.61 Å². The van der Waals surface area contributed by atoms with Crippen LogP contribution in [0.1, 0.15) is 33.1 Å². The van der Waals surface area contributed by atoms with Gasteiger partial charge in [0.15, 0.2) is 0 Å². The number of rotatable bonds is 8. The molecule has 0 spiro atoms. The van der Waals surface area contributed by atoms with Gasteiger partial charge in [-0.1, -0.05) is 55.6 Å². The van der Waals surface area contributed by atoms with Gasteiger partial charge >= 0.3 is 5.97 Å². The number of halogens is 1. The number of hydrogen-bond donors (Lipinski definition) is 1. The first-order chi connectivity index (χ1) is 11.9. The maximum atomic E-state index is 12.9. The van der Waals surface area contributed by atoms with Crippen molar-refractivity contribution in [3.05, 3.63) is 41.4 Å². The number of unbranched alkanes of at least 4 members (excludes halogenated alkanes) is 1. The lowest BCUT2D eigenvalue weighted by atomic mass is 10.1. The number of ether oxygens (including phenoxy) is 1.